The van der Waals surface area contributed by atoms with Crippen molar-refractivity contribution in [3.63, 3.8) is 0 Å². The fourth-order valence-corrected chi connectivity index (χ4v) is 7.69. The number of phosphoric acid groups is 1. The molecule has 0 aromatic rings. The molecule has 1 amide bonds. The van der Waals surface area contributed by atoms with E-state index in [1.54, 1.807) is 6.08 Å². The standard InChI is InChI=1S/C41H78NO12P/c1-3-5-7-9-11-13-14-15-16-17-18-19-21-23-25-27-29-34(44)33(42-35(45)30-32(43)28-26-24-22-20-12-10-8-6-4-2)31-53-55(51,52)54-41-39(49)37(47)36(46)38(48)40(41)50/h19,21,27,29,32-34,36-41,43-44,46-50H,3-18,20,22-26,28,30-31H2,1-2H3,(H,42,45)(H,51,52)/b21-19+,29-27+. The monoisotopic (exact) mass is 808 g/mol. The Labute approximate surface area is 331 Å². The van der Waals surface area contributed by atoms with Crippen LogP contribution in [0.1, 0.15) is 168 Å². The van der Waals surface area contributed by atoms with E-state index in [0.29, 0.717) is 12.8 Å². The van der Waals surface area contributed by atoms with Gasteiger partial charge in [-0.3, -0.25) is 13.8 Å². The number of rotatable bonds is 34. The van der Waals surface area contributed by atoms with Gasteiger partial charge in [-0.05, 0) is 32.1 Å². The zero-order valence-electron chi connectivity index (χ0n) is 33.8. The molecule has 0 spiro atoms. The molecule has 1 rings (SSSR count). The van der Waals surface area contributed by atoms with Gasteiger partial charge in [0, 0.05) is 0 Å². The molecule has 324 valence electrons. The van der Waals surface area contributed by atoms with E-state index in [-0.39, 0.29) is 6.42 Å². The summed E-state index contributed by atoms with van der Waals surface area (Å²) in [6, 6.07) is -1.25. The van der Waals surface area contributed by atoms with E-state index in [0.717, 1.165) is 44.9 Å². The van der Waals surface area contributed by atoms with E-state index in [9.17, 15) is 50.0 Å². The van der Waals surface area contributed by atoms with Crippen LogP contribution in [0.3, 0.4) is 0 Å². The lowest BCUT2D eigenvalue weighted by atomic mass is 9.85. The summed E-state index contributed by atoms with van der Waals surface area (Å²) in [6.07, 6.45) is 18.6. The van der Waals surface area contributed by atoms with E-state index < -0.39 is 75.2 Å². The van der Waals surface area contributed by atoms with Crippen LogP contribution in [0.15, 0.2) is 24.3 Å². The first kappa shape index (κ1) is 51.8. The third-order valence-corrected chi connectivity index (χ3v) is 11.3. The first-order chi connectivity index (χ1) is 26.3. The Bertz CT molecular complexity index is 1050. The maximum atomic E-state index is 12.9. The molecule has 55 heavy (non-hydrogen) atoms. The molecule has 1 aliphatic carbocycles. The third-order valence-electron chi connectivity index (χ3n) is 10.3. The summed E-state index contributed by atoms with van der Waals surface area (Å²) >= 11 is 0. The van der Waals surface area contributed by atoms with Gasteiger partial charge in [0.25, 0.3) is 0 Å². The van der Waals surface area contributed by atoms with Crippen LogP contribution >= 0.6 is 7.82 Å². The SMILES string of the molecule is CCCCCCCCCCCC/C=C/CC/C=C/C(O)C(COP(=O)(O)OC1C(O)C(O)C(O)C(O)C1O)NC(=O)CC(O)CCCCCCCCCCC. The molecule has 0 aromatic heterocycles. The summed E-state index contributed by atoms with van der Waals surface area (Å²) in [6.45, 7) is 3.68. The predicted octanol–water partition coefficient (Wildman–Crippen LogP) is 6.03. The molecule has 8 atom stereocenters. The summed E-state index contributed by atoms with van der Waals surface area (Å²) in [7, 11) is -5.14. The number of carbonyl (C=O) groups excluding carboxylic acids is 1. The Morgan fingerprint density at radius 1 is 0.636 bits per heavy atom. The minimum atomic E-state index is -5.14. The van der Waals surface area contributed by atoms with Gasteiger partial charge in [-0.25, -0.2) is 4.57 Å². The number of nitrogens with one attached hydrogen (secondary N) is 1. The average molecular weight is 808 g/mol. The highest BCUT2D eigenvalue weighted by Gasteiger charge is 2.51. The van der Waals surface area contributed by atoms with Crippen LogP contribution in [0.2, 0.25) is 0 Å². The second-order valence-corrected chi connectivity index (χ2v) is 16.8. The molecule has 0 bridgehead atoms. The Hall–Kier alpha value is -1.22. The number of hydrogen-bond acceptors (Lipinski definition) is 11. The molecule has 14 heteroatoms. The van der Waals surface area contributed by atoms with Crippen molar-refractivity contribution >= 4 is 13.7 Å². The van der Waals surface area contributed by atoms with Crippen molar-refractivity contribution in [1.29, 1.82) is 0 Å². The number of aliphatic hydroxyl groups is 7. The Balaban J connectivity index is 2.64. The zero-order valence-corrected chi connectivity index (χ0v) is 34.7. The molecule has 0 aromatic carbocycles. The van der Waals surface area contributed by atoms with Crippen molar-refractivity contribution in [2.75, 3.05) is 6.61 Å². The largest absolute Gasteiger partial charge is 0.472 e. The van der Waals surface area contributed by atoms with Crippen LogP contribution in [-0.4, -0.2) is 108 Å². The number of amides is 1. The molecular formula is C41H78NO12P. The molecule has 1 saturated carbocycles. The molecule has 1 aliphatic rings. The van der Waals surface area contributed by atoms with Gasteiger partial charge in [0.1, 0.15) is 36.6 Å². The van der Waals surface area contributed by atoms with Crippen molar-refractivity contribution in [2.45, 2.75) is 223 Å². The molecule has 1 fully saturated rings. The fourth-order valence-electron chi connectivity index (χ4n) is 6.73. The van der Waals surface area contributed by atoms with Gasteiger partial charge in [0.05, 0.1) is 31.3 Å². The van der Waals surface area contributed by atoms with Gasteiger partial charge >= 0.3 is 7.82 Å². The van der Waals surface area contributed by atoms with Gasteiger partial charge in [-0.2, -0.15) is 0 Å². The summed E-state index contributed by atoms with van der Waals surface area (Å²) in [5, 5.41) is 74.1. The van der Waals surface area contributed by atoms with E-state index in [1.165, 1.54) is 96.0 Å². The average Bonchev–Trinajstić information content (AvgIpc) is 3.15. The number of allylic oxidation sites excluding steroid dienone is 3. The summed E-state index contributed by atoms with van der Waals surface area (Å²) in [5.41, 5.74) is 0. The Morgan fingerprint density at radius 2 is 1.07 bits per heavy atom. The maximum Gasteiger partial charge on any atom is 0.472 e. The Morgan fingerprint density at radius 3 is 1.60 bits per heavy atom. The zero-order chi connectivity index (χ0) is 40.9. The van der Waals surface area contributed by atoms with Crippen LogP contribution in [0.5, 0.6) is 0 Å². The fraction of sp³-hybridized carbons (Fsp3) is 0.878. The molecule has 0 heterocycles. The smallest absolute Gasteiger partial charge is 0.393 e. The molecule has 0 saturated heterocycles. The minimum absolute atomic E-state index is 0.250. The van der Waals surface area contributed by atoms with Gasteiger partial charge in [0.15, 0.2) is 0 Å². The van der Waals surface area contributed by atoms with Crippen molar-refractivity contribution in [3.8, 4) is 0 Å². The van der Waals surface area contributed by atoms with Gasteiger partial charge < -0.3 is 46.0 Å². The number of unbranched alkanes of at least 4 members (excludes halogenated alkanes) is 19. The van der Waals surface area contributed by atoms with Crippen LogP contribution in [0.4, 0.5) is 0 Å². The lowest BCUT2D eigenvalue weighted by Gasteiger charge is -2.41. The summed E-state index contributed by atoms with van der Waals surface area (Å²) < 4.78 is 22.8. The summed E-state index contributed by atoms with van der Waals surface area (Å²) in [5.74, 6) is -0.605. The van der Waals surface area contributed by atoms with Crippen molar-refractivity contribution in [2.24, 2.45) is 0 Å². The minimum Gasteiger partial charge on any atom is -0.393 e. The number of carbonyl (C=O) groups is 1. The third kappa shape index (κ3) is 24.3. The molecule has 0 radical (unpaired) electrons. The molecule has 13 nitrogen and oxygen atoms in total. The van der Waals surface area contributed by atoms with E-state index in [4.69, 9.17) is 9.05 Å². The van der Waals surface area contributed by atoms with Crippen molar-refractivity contribution in [3.05, 3.63) is 24.3 Å². The number of aliphatic hydroxyl groups excluding tert-OH is 7. The predicted molar refractivity (Wildman–Crippen MR) is 215 cm³/mol. The van der Waals surface area contributed by atoms with Crippen LogP contribution in [-0.2, 0) is 18.4 Å². The normalized spacial score (nSPS) is 24.6. The van der Waals surface area contributed by atoms with Crippen LogP contribution in [0, 0.1) is 0 Å². The molecule has 9 N–H and O–H groups in total. The van der Waals surface area contributed by atoms with Crippen molar-refractivity contribution < 1.29 is 59.0 Å². The molecule has 8 unspecified atom stereocenters. The lowest BCUT2D eigenvalue weighted by Crippen LogP contribution is -2.64. The topological polar surface area (TPSA) is 226 Å². The second kappa shape index (κ2) is 31.7. The van der Waals surface area contributed by atoms with Crippen LogP contribution in [0.25, 0.3) is 0 Å². The molecular weight excluding hydrogens is 729 g/mol. The summed E-state index contributed by atoms with van der Waals surface area (Å²) in [4.78, 5) is 23.3. The number of hydrogen-bond donors (Lipinski definition) is 9. The highest BCUT2D eigenvalue weighted by atomic mass is 31.2. The number of phosphoric ester groups is 1. The van der Waals surface area contributed by atoms with Crippen LogP contribution < -0.4 is 5.32 Å². The van der Waals surface area contributed by atoms with Crippen molar-refractivity contribution in [1.82, 2.24) is 5.32 Å². The molecule has 0 aliphatic heterocycles. The van der Waals surface area contributed by atoms with Gasteiger partial charge in [-0.15, -0.1) is 0 Å². The van der Waals surface area contributed by atoms with E-state index in [1.807, 2.05) is 0 Å². The van der Waals surface area contributed by atoms with E-state index in [2.05, 4.69) is 31.3 Å². The highest BCUT2D eigenvalue weighted by molar-refractivity contribution is 7.47. The highest BCUT2D eigenvalue weighted by Crippen LogP contribution is 2.47. The Kier molecular flexibility index (Phi) is 29.9. The lowest BCUT2D eigenvalue weighted by molar-refractivity contribution is -0.220. The van der Waals surface area contributed by atoms with Gasteiger partial charge in [-0.1, -0.05) is 154 Å². The first-order valence-electron chi connectivity index (χ1n) is 21.4. The van der Waals surface area contributed by atoms with Gasteiger partial charge in [0.2, 0.25) is 5.91 Å². The second-order valence-electron chi connectivity index (χ2n) is 15.4. The quantitative estimate of drug-likeness (QED) is 0.0207. The first-order valence-corrected chi connectivity index (χ1v) is 22.9. The van der Waals surface area contributed by atoms with E-state index >= 15 is 0 Å². The maximum absolute atomic E-state index is 12.9.